The lowest BCUT2D eigenvalue weighted by Gasteiger charge is -2.10. The molecular formula is C16H16O6. The highest BCUT2D eigenvalue weighted by Crippen LogP contribution is 2.31. The molecule has 1 N–H and O–H groups in total. The highest BCUT2D eigenvalue weighted by atomic mass is 16.7. The van der Waals surface area contributed by atoms with Crippen LogP contribution in [0.4, 0.5) is 4.79 Å². The molecule has 2 rings (SSSR count). The Kier molecular flexibility index (Phi) is 5.08. The highest BCUT2D eigenvalue weighted by molar-refractivity contribution is 5.68. The van der Waals surface area contributed by atoms with Crippen LogP contribution in [0.25, 0.3) is 0 Å². The molecule has 6 nitrogen and oxygen atoms in total. The zero-order valence-electron chi connectivity index (χ0n) is 12.2. The molecule has 2 aromatic carbocycles. The molecule has 0 aliphatic heterocycles. The maximum absolute atomic E-state index is 11.8. The molecule has 0 spiro atoms. The van der Waals surface area contributed by atoms with Gasteiger partial charge in [-0.2, -0.15) is 0 Å². The molecule has 0 atom stereocenters. The summed E-state index contributed by atoms with van der Waals surface area (Å²) >= 11 is 0. The Labute approximate surface area is 127 Å². The fourth-order valence-electron chi connectivity index (χ4n) is 1.75. The van der Waals surface area contributed by atoms with E-state index in [4.69, 9.17) is 18.9 Å². The van der Waals surface area contributed by atoms with Gasteiger partial charge in [0.05, 0.1) is 13.7 Å². The van der Waals surface area contributed by atoms with Gasteiger partial charge in [0.1, 0.15) is 5.75 Å². The van der Waals surface area contributed by atoms with E-state index in [0.29, 0.717) is 12.4 Å². The molecular weight excluding hydrogens is 288 g/mol. The van der Waals surface area contributed by atoms with Crippen molar-refractivity contribution >= 4 is 6.16 Å². The van der Waals surface area contributed by atoms with Crippen molar-refractivity contribution in [2.45, 2.75) is 6.92 Å². The van der Waals surface area contributed by atoms with Crippen LogP contribution >= 0.6 is 0 Å². The summed E-state index contributed by atoms with van der Waals surface area (Å²) in [6, 6.07) is 11.0. The van der Waals surface area contributed by atoms with Crippen molar-refractivity contribution < 1.29 is 28.8 Å². The maximum Gasteiger partial charge on any atom is 0.519 e. The van der Waals surface area contributed by atoms with Gasteiger partial charge in [0, 0.05) is 6.07 Å². The Morgan fingerprint density at radius 3 is 2.41 bits per heavy atom. The molecule has 0 saturated carbocycles. The van der Waals surface area contributed by atoms with Crippen molar-refractivity contribution in [2.75, 3.05) is 13.7 Å². The first kappa shape index (κ1) is 15.5. The molecule has 0 aliphatic rings. The van der Waals surface area contributed by atoms with E-state index in [-0.39, 0.29) is 23.0 Å². The molecule has 0 bridgehead atoms. The number of ether oxygens (including phenoxy) is 4. The van der Waals surface area contributed by atoms with Crippen LogP contribution in [-0.4, -0.2) is 25.0 Å². The van der Waals surface area contributed by atoms with Gasteiger partial charge in [-0.05, 0) is 31.2 Å². The van der Waals surface area contributed by atoms with Gasteiger partial charge in [-0.1, -0.05) is 12.1 Å². The SMILES string of the molecule is CCOc1ccccc1OC(=O)Oc1ccc(OC)c(O)c1. The number of carbonyl (C=O) groups excluding carboxylic acids is 1. The number of para-hydroxylation sites is 2. The van der Waals surface area contributed by atoms with Gasteiger partial charge in [0.25, 0.3) is 0 Å². The second-order valence-electron chi connectivity index (χ2n) is 4.17. The highest BCUT2D eigenvalue weighted by Gasteiger charge is 2.13. The van der Waals surface area contributed by atoms with E-state index in [1.54, 1.807) is 24.3 Å². The van der Waals surface area contributed by atoms with Gasteiger partial charge in [-0.15, -0.1) is 0 Å². The van der Waals surface area contributed by atoms with E-state index >= 15 is 0 Å². The van der Waals surface area contributed by atoms with Crippen molar-refractivity contribution in [3.63, 3.8) is 0 Å². The number of benzene rings is 2. The first-order valence-corrected chi connectivity index (χ1v) is 6.62. The van der Waals surface area contributed by atoms with Gasteiger partial charge < -0.3 is 24.1 Å². The van der Waals surface area contributed by atoms with Crippen molar-refractivity contribution in [3.8, 4) is 28.7 Å². The van der Waals surface area contributed by atoms with E-state index < -0.39 is 6.16 Å². The summed E-state index contributed by atoms with van der Waals surface area (Å²) in [5.41, 5.74) is 0. The normalized spacial score (nSPS) is 9.91. The van der Waals surface area contributed by atoms with Crippen LogP contribution in [0.15, 0.2) is 42.5 Å². The molecule has 2 aromatic rings. The summed E-state index contributed by atoms with van der Waals surface area (Å²) in [6.45, 7) is 2.27. The number of hydrogen-bond donors (Lipinski definition) is 1. The second-order valence-corrected chi connectivity index (χ2v) is 4.17. The van der Waals surface area contributed by atoms with E-state index in [0.717, 1.165) is 0 Å². The average Bonchev–Trinajstić information content (AvgIpc) is 2.49. The van der Waals surface area contributed by atoms with E-state index in [2.05, 4.69) is 0 Å². The number of hydrogen-bond acceptors (Lipinski definition) is 6. The lowest BCUT2D eigenvalue weighted by molar-refractivity contribution is 0.149. The third-order valence-corrected chi connectivity index (χ3v) is 2.69. The molecule has 0 radical (unpaired) electrons. The smallest absolute Gasteiger partial charge is 0.504 e. The molecule has 22 heavy (non-hydrogen) atoms. The Balaban J connectivity index is 2.06. The third-order valence-electron chi connectivity index (χ3n) is 2.69. The predicted molar refractivity (Wildman–Crippen MR) is 78.9 cm³/mol. The first-order chi connectivity index (χ1) is 10.6. The third kappa shape index (κ3) is 3.82. The summed E-state index contributed by atoms with van der Waals surface area (Å²) in [6.07, 6.45) is -0.934. The van der Waals surface area contributed by atoms with Gasteiger partial charge in [-0.25, -0.2) is 4.79 Å². The number of aromatic hydroxyl groups is 1. The Hall–Kier alpha value is -2.89. The molecule has 0 aliphatic carbocycles. The monoisotopic (exact) mass is 304 g/mol. The minimum atomic E-state index is -0.934. The van der Waals surface area contributed by atoms with E-state index in [1.165, 1.54) is 25.3 Å². The minimum absolute atomic E-state index is 0.136. The van der Waals surface area contributed by atoms with Gasteiger partial charge >= 0.3 is 6.16 Å². The number of rotatable bonds is 5. The van der Waals surface area contributed by atoms with Crippen LogP contribution < -0.4 is 18.9 Å². The molecule has 6 heteroatoms. The largest absolute Gasteiger partial charge is 0.519 e. The van der Waals surface area contributed by atoms with Crippen molar-refractivity contribution in [1.29, 1.82) is 0 Å². The summed E-state index contributed by atoms with van der Waals surface area (Å²) in [5, 5.41) is 9.63. The maximum atomic E-state index is 11.8. The number of methoxy groups -OCH3 is 1. The lowest BCUT2D eigenvalue weighted by Crippen LogP contribution is -2.14. The van der Waals surface area contributed by atoms with E-state index in [9.17, 15) is 9.90 Å². The summed E-state index contributed by atoms with van der Waals surface area (Å²) < 4.78 is 20.4. The topological polar surface area (TPSA) is 74.2 Å². The van der Waals surface area contributed by atoms with Crippen LogP contribution in [0.3, 0.4) is 0 Å². The Morgan fingerprint density at radius 1 is 1.05 bits per heavy atom. The lowest BCUT2D eigenvalue weighted by atomic mass is 10.3. The Bertz CT molecular complexity index is 653. The van der Waals surface area contributed by atoms with Crippen LogP contribution in [0, 0.1) is 0 Å². The van der Waals surface area contributed by atoms with Crippen LogP contribution in [0.1, 0.15) is 6.92 Å². The zero-order chi connectivity index (χ0) is 15.9. The summed E-state index contributed by atoms with van der Waals surface area (Å²) in [5.74, 6) is 0.980. The summed E-state index contributed by atoms with van der Waals surface area (Å²) in [7, 11) is 1.43. The number of phenols is 1. The first-order valence-electron chi connectivity index (χ1n) is 6.62. The van der Waals surface area contributed by atoms with E-state index in [1.807, 2.05) is 6.92 Å². The minimum Gasteiger partial charge on any atom is -0.504 e. The zero-order valence-corrected chi connectivity index (χ0v) is 12.2. The fraction of sp³-hybridized carbons (Fsp3) is 0.188. The quantitative estimate of drug-likeness (QED) is 0.674. The van der Waals surface area contributed by atoms with Gasteiger partial charge in [-0.3, -0.25) is 0 Å². The molecule has 0 saturated heterocycles. The van der Waals surface area contributed by atoms with Crippen molar-refractivity contribution in [3.05, 3.63) is 42.5 Å². The van der Waals surface area contributed by atoms with Crippen LogP contribution in [-0.2, 0) is 0 Å². The molecule has 0 unspecified atom stereocenters. The molecule has 0 heterocycles. The molecule has 0 amide bonds. The Morgan fingerprint density at radius 2 is 1.77 bits per heavy atom. The summed E-state index contributed by atoms with van der Waals surface area (Å²) in [4.78, 5) is 11.8. The van der Waals surface area contributed by atoms with Crippen molar-refractivity contribution in [1.82, 2.24) is 0 Å². The number of carbonyl (C=O) groups is 1. The van der Waals surface area contributed by atoms with Crippen LogP contribution in [0.2, 0.25) is 0 Å². The van der Waals surface area contributed by atoms with Gasteiger partial charge in [0.2, 0.25) is 0 Å². The second kappa shape index (κ2) is 7.21. The van der Waals surface area contributed by atoms with Gasteiger partial charge in [0.15, 0.2) is 23.0 Å². The van der Waals surface area contributed by atoms with Crippen LogP contribution in [0.5, 0.6) is 28.7 Å². The average molecular weight is 304 g/mol. The molecule has 0 aromatic heterocycles. The fourth-order valence-corrected chi connectivity index (χ4v) is 1.75. The molecule has 116 valence electrons. The molecule has 0 fully saturated rings. The standard InChI is InChI=1S/C16H16O6/c1-3-20-14-6-4-5-7-15(14)22-16(18)21-11-8-9-13(19-2)12(17)10-11/h4-10,17H,3H2,1-2H3. The van der Waals surface area contributed by atoms with Crippen molar-refractivity contribution in [2.24, 2.45) is 0 Å². The number of phenolic OH excluding ortho intramolecular Hbond substituents is 1. The predicted octanol–water partition coefficient (Wildman–Crippen LogP) is 3.38.